The Balaban J connectivity index is 1.75. The number of carbonyl (C=O) groups is 1. The number of hydrogen-bond acceptors (Lipinski definition) is 11. The fourth-order valence-electron chi connectivity index (χ4n) is 3.53. The van der Waals surface area contributed by atoms with E-state index in [4.69, 9.17) is 21.4 Å². The van der Waals surface area contributed by atoms with Crippen LogP contribution < -0.4 is 11.1 Å². The molecule has 0 aromatic carbocycles. The molecule has 0 radical (unpaired) electrons. The molecule has 0 saturated carbocycles. The highest BCUT2D eigenvalue weighted by atomic mass is 31.1. The Kier molecular flexibility index (Phi) is 7.07. The number of nitrogens with two attached hydrogens (primary N) is 1. The molecular formula is C19H26FN6O6P. The average molecular weight is 484 g/mol. The van der Waals surface area contributed by atoms with E-state index in [1.807, 2.05) is 0 Å². The van der Waals surface area contributed by atoms with Gasteiger partial charge in [0.1, 0.15) is 18.4 Å². The molecule has 0 amide bonds. The van der Waals surface area contributed by atoms with Crippen LogP contribution in [-0.4, -0.2) is 67.3 Å². The zero-order chi connectivity index (χ0) is 24.6. The predicted octanol–water partition coefficient (Wildman–Crippen LogP) is 0.578. The lowest BCUT2D eigenvalue weighted by Crippen LogP contribution is -2.47. The molecule has 1 aliphatic rings. The smallest absolute Gasteiger partial charge is 0.322 e. The minimum absolute atomic E-state index is 0.00644. The van der Waals surface area contributed by atoms with Gasteiger partial charge in [0.15, 0.2) is 22.6 Å². The number of nitrogens with one attached hydrogen (secondary N) is 1. The van der Waals surface area contributed by atoms with E-state index in [0.717, 1.165) is 0 Å². The summed E-state index contributed by atoms with van der Waals surface area (Å²) in [6.07, 6.45) is 3.88. The molecule has 180 valence electrons. The number of hydrogen-bond donors (Lipinski definition) is 3. The zero-order valence-corrected chi connectivity index (χ0v) is 19.5. The molecule has 3 rings (SSSR count). The molecule has 3 heterocycles. The molecule has 5 atom stereocenters. The number of imidazole rings is 1. The second-order valence-corrected chi connectivity index (χ2v) is 10.3. The number of rotatable bonds is 8. The fourth-order valence-corrected chi connectivity index (χ4v) is 4.57. The third-order valence-corrected chi connectivity index (χ3v) is 6.92. The van der Waals surface area contributed by atoms with E-state index < -0.39 is 55.9 Å². The number of methoxy groups -OCH3 is 1. The lowest BCUT2D eigenvalue weighted by Gasteiger charge is -2.31. The number of ether oxygens (including phenoxy) is 2. The first-order valence-electron chi connectivity index (χ1n) is 9.96. The molecule has 2 aromatic rings. The Bertz CT molecular complexity index is 1120. The summed E-state index contributed by atoms with van der Waals surface area (Å²) in [5.41, 5.74) is 4.29. The number of aromatic nitrogens is 4. The molecule has 2 aromatic heterocycles. The van der Waals surface area contributed by atoms with Crippen LogP contribution in [0.3, 0.4) is 0 Å². The van der Waals surface area contributed by atoms with Crippen molar-refractivity contribution < 1.29 is 32.9 Å². The van der Waals surface area contributed by atoms with Crippen LogP contribution in [-0.2, 0) is 23.4 Å². The highest BCUT2D eigenvalue weighted by molar-refractivity contribution is 7.41. The Morgan fingerprint density at radius 1 is 1.61 bits per heavy atom. The van der Waals surface area contributed by atoms with E-state index in [-0.39, 0.29) is 23.4 Å². The van der Waals surface area contributed by atoms with Crippen molar-refractivity contribution in [2.75, 3.05) is 19.5 Å². The second-order valence-electron chi connectivity index (χ2n) is 8.15. The van der Waals surface area contributed by atoms with Crippen LogP contribution in [0.15, 0.2) is 6.33 Å². The van der Waals surface area contributed by atoms with Crippen molar-refractivity contribution in [3.05, 3.63) is 12.4 Å². The van der Waals surface area contributed by atoms with Gasteiger partial charge in [0.25, 0.3) is 0 Å². The second kappa shape index (κ2) is 9.32. The predicted molar refractivity (Wildman–Crippen MR) is 116 cm³/mol. The summed E-state index contributed by atoms with van der Waals surface area (Å²) in [5, 5.41) is 12.5. The Hall–Kier alpha value is -2.62. The maximum Gasteiger partial charge on any atom is 0.322 e. The molecule has 0 bridgehead atoms. The highest BCUT2D eigenvalue weighted by Gasteiger charge is 2.49. The number of esters is 1. The quantitative estimate of drug-likeness (QED) is 0.208. The van der Waals surface area contributed by atoms with Crippen molar-refractivity contribution in [1.29, 1.82) is 0 Å². The van der Waals surface area contributed by atoms with Crippen molar-refractivity contribution >= 4 is 31.0 Å². The minimum Gasteiger partial charge on any atom is -0.468 e. The molecule has 0 spiro atoms. The van der Waals surface area contributed by atoms with E-state index in [9.17, 15) is 18.9 Å². The van der Waals surface area contributed by atoms with Crippen molar-refractivity contribution in [3.63, 3.8) is 0 Å². The summed E-state index contributed by atoms with van der Waals surface area (Å²) in [4.78, 5) is 22.9. The lowest BCUT2D eigenvalue weighted by atomic mass is 9.99. The van der Waals surface area contributed by atoms with Crippen molar-refractivity contribution in [2.24, 2.45) is 0 Å². The standard InChI is InChI=1S/C19H26FN6O6P/c1-6-19(8-31-33(29)18(3,4)25-10(2)16(28)30-5)11(27)7-12(32-19)26-9-22-13-14(21)23-17(20)24-15(13)26/h1,9-12,25,27,33H,7-8H2,2-5H3,(H2,21,23,24)/t10-,11-,12+,19+/m0/s1. The van der Waals surface area contributed by atoms with Gasteiger partial charge in [-0.1, -0.05) is 5.92 Å². The molecule has 1 saturated heterocycles. The number of terminal acetylenes is 1. The molecular weight excluding hydrogens is 458 g/mol. The maximum atomic E-state index is 13.7. The zero-order valence-electron chi connectivity index (χ0n) is 18.5. The van der Waals surface area contributed by atoms with E-state index in [1.165, 1.54) is 18.0 Å². The first-order chi connectivity index (χ1) is 15.4. The first kappa shape index (κ1) is 25.0. The van der Waals surface area contributed by atoms with E-state index in [0.29, 0.717) is 0 Å². The lowest BCUT2D eigenvalue weighted by molar-refractivity contribution is -0.142. The summed E-state index contributed by atoms with van der Waals surface area (Å²) >= 11 is 0. The normalized spacial score (nSPS) is 25.0. The number of nitrogen functional groups attached to an aromatic ring is 1. The molecule has 12 nitrogen and oxygen atoms in total. The molecule has 4 N–H and O–H groups in total. The molecule has 14 heteroatoms. The van der Waals surface area contributed by atoms with Gasteiger partial charge >= 0.3 is 12.0 Å². The van der Waals surface area contributed by atoms with Gasteiger partial charge in [-0.2, -0.15) is 14.4 Å². The van der Waals surface area contributed by atoms with Gasteiger partial charge in [-0.15, -0.1) is 6.42 Å². The fraction of sp³-hybridized carbons (Fsp3) is 0.579. The van der Waals surface area contributed by atoms with Crippen LogP contribution in [0.5, 0.6) is 0 Å². The van der Waals surface area contributed by atoms with Gasteiger partial charge in [-0.05, 0) is 20.8 Å². The summed E-state index contributed by atoms with van der Waals surface area (Å²) in [7, 11) is -1.59. The number of fused-ring (bicyclic) bond motifs is 1. The monoisotopic (exact) mass is 484 g/mol. The average Bonchev–Trinajstić information content (AvgIpc) is 3.32. The molecule has 33 heavy (non-hydrogen) atoms. The summed E-state index contributed by atoms with van der Waals surface area (Å²) < 4.78 is 44.0. The van der Waals surface area contributed by atoms with Crippen LogP contribution in [0.1, 0.15) is 33.4 Å². The van der Waals surface area contributed by atoms with Gasteiger partial charge in [-0.25, -0.2) is 4.98 Å². The third-order valence-electron chi connectivity index (χ3n) is 5.35. The van der Waals surface area contributed by atoms with Gasteiger partial charge < -0.3 is 24.8 Å². The molecule has 1 fully saturated rings. The van der Waals surface area contributed by atoms with Crippen LogP contribution in [0.4, 0.5) is 10.2 Å². The molecule has 1 aliphatic heterocycles. The van der Waals surface area contributed by atoms with E-state index in [1.54, 1.807) is 20.8 Å². The Labute approximate surface area is 189 Å². The van der Waals surface area contributed by atoms with Gasteiger partial charge in [0.2, 0.25) is 8.03 Å². The summed E-state index contributed by atoms with van der Waals surface area (Å²) in [6.45, 7) is 4.37. The third kappa shape index (κ3) is 4.85. The number of aliphatic hydroxyl groups is 1. The summed E-state index contributed by atoms with van der Waals surface area (Å²) in [6, 6.07) is -0.730. The largest absolute Gasteiger partial charge is 0.468 e. The van der Waals surface area contributed by atoms with Gasteiger partial charge in [-0.3, -0.25) is 19.2 Å². The van der Waals surface area contributed by atoms with E-state index >= 15 is 0 Å². The van der Waals surface area contributed by atoms with Crippen LogP contribution in [0.2, 0.25) is 0 Å². The molecule has 1 unspecified atom stereocenters. The number of halogens is 1. The van der Waals surface area contributed by atoms with Crippen molar-refractivity contribution in [1.82, 2.24) is 24.8 Å². The topological polar surface area (TPSA) is 164 Å². The summed E-state index contributed by atoms with van der Waals surface area (Å²) in [5.74, 6) is 1.72. The number of carbonyl (C=O) groups excluding carboxylic acids is 1. The number of aliphatic hydroxyl groups excluding tert-OH is 1. The Morgan fingerprint density at radius 2 is 2.30 bits per heavy atom. The van der Waals surface area contributed by atoms with E-state index in [2.05, 4.69) is 30.9 Å². The Morgan fingerprint density at radius 3 is 2.94 bits per heavy atom. The van der Waals surface area contributed by atoms with Crippen molar-refractivity contribution in [3.8, 4) is 12.3 Å². The minimum atomic E-state index is -2.84. The van der Waals surface area contributed by atoms with Crippen molar-refractivity contribution in [2.45, 2.75) is 56.4 Å². The number of anilines is 1. The van der Waals surface area contributed by atoms with Crippen LogP contribution in [0.25, 0.3) is 11.2 Å². The van der Waals surface area contributed by atoms with Crippen LogP contribution >= 0.6 is 8.03 Å². The first-order valence-corrected chi connectivity index (χ1v) is 11.3. The van der Waals surface area contributed by atoms with Gasteiger partial charge in [0, 0.05) is 6.42 Å². The SMILES string of the molecule is C#C[C@]1(CO[PH](=O)C(C)(C)N[C@@H](C)C(=O)OC)O[C@@H](n2cnc3c(N)nc(F)nc32)C[C@@H]1O. The van der Waals surface area contributed by atoms with Gasteiger partial charge in [0.05, 0.1) is 25.3 Å². The number of nitrogens with zero attached hydrogens (tertiary/aromatic N) is 4. The highest BCUT2D eigenvalue weighted by Crippen LogP contribution is 2.43. The van der Waals surface area contributed by atoms with Crippen LogP contribution in [0, 0.1) is 18.4 Å². The maximum absolute atomic E-state index is 13.7. The molecule has 0 aliphatic carbocycles.